The predicted molar refractivity (Wildman–Crippen MR) is 72.2 cm³/mol. The Morgan fingerprint density at radius 1 is 1.44 bits per heavy atom. The Bertz CT molecular complexity index is 420. The van der Waals surface area contributed by atoms with Crippen LogP contribution in [0.4, 0.5) is 0 Å². The monoisotopic (exact) mass is 263 g/mol. The predicted octanol–water partition coefficient (Wildman–Crippen LogP) is 1.41. The third-order valence-corrected chi connectivity index (χ3v) is 4.58. The zero-order valence-corrected chi connectivity index (χ0v) is 11.0. The number of aromatic nitrogens is 1. The van der Waals surface area contributed by atoms with Gasteiger partial charge >= 0.3 is 0 Å². The van der Waals surface area contributed by atoms with Crippen LogP contribution in [0.15, 0.2) is 24.5 Å². The van der Waals surface area contributed by atoms with E-state index in [-0.39, 0.29) is 18.0 Å². The smallest absolute Gasteiger partial charge is 0.241 e. The van der Waals surface area contributed by atoms with Gasteiger partial charge < -0.3 is 4.90 Å². The lowest BCUT2D eigenvalue weighted by Crippen LogP contribution is -2.44. The maximum absolute atomic E-state index is 12.5. The molecule has 1 N–H and O–H groups in total. The average Bonchev–Trinajstić information content (AvgIpc) is 3.10. The Hall–Kier alpha value is -1.07. The summed E-state index contributed by atoms with van der Waals surface area (Å²) in [6.45, 7) is 0.884. The van der Waals surface area contributed by atoms with Gasteiger partial charge in [-0.2, -0.15) is 0 Å². The summed E-state index contributed by atoms with van der Waals surface area (Å²) in [6.07, 6.45) is 5.77. The number of hydrogen-bond donors (Lipinski definition) is 1. The van der Waals surface area contributed by atoms with E-state index in [4.69, 9.17) is 0 Å². The SMILES string of the molecule is O=C(C1CSCN1)N1CCCC1c1ccncc1. The summed E-state index contributed by atoms with van der Waals surface area (Å²) in [5, 5.41) is 3.26. The van der Waals surface area contributed by atoms with Crippen molar-refractivity contribution in [2.45, 2.75) is 24.9 Å². The van der Waals surface area contributed by atoms with Gasteiger partial charge in [0.05, 0.1) is 12.1 Å². The van der Waals surface area contributed by atoms with Crippen LogP contribution in [0.5, 0.6) is 0 Å². The molecule has 2 aliphatic heterocycles. The molecule has 2 saturated heterocycles. The second kappa shape index (κ2) is 5.28. The maximum atomic E-state index is 12.5. The average molecular weight is 263 g/mol. The molecule has 96 valence electrons. The highest BCUT2D eigenvalue weighted by atomic mass is 32.2. The molecule has 1 aromatic heterocycles. The number of carbonyl (C=O) groups excluding carboxylic acids is 1. The summed E-state index contributed by atoms with van der Waals surface area (Å²) in [5.74, 6) is 2.06. The van der Waals surface area contributed by atoms with E-state index in [1.165, 1.54) is 5.56 Å². The first kappa shape index (κ1) is 12.0. The standard InChI is InChI=1S/C13H17N3OS/c17-13(11-8-18-9-15-11)16-7-1-2-12(16)10-3-5-14-6-4-10/h3-6,11-12,15H,1-2,7-9H2. The number of pyridine rings is 1. The van der Waals surface area contributed by atoms with Crippen molar-refractivity contribution < 1.29 is 4.79 Å². The maximum Gasteiger partial charge on any atom is 0.241 e. The van der Waals surface area contributed by atoms with Gasteiger partial charge in [0, 0.05) is 30.6 Å². The van der Waals surface area contributed by atoms with Gasteiger partial charge in [0.1, 0.15) is 0 Å². The highest BCUT2D eigenvalue weighted by molar-refractivity contribution is 7.99. The molecule has 2 fully saturated rings. The Morgan fingerprint density at radius 2 is 2.28 bits per heavy atom. The van der Waals surface area contributed by atoms with Crippen molar-refractivity contribution in [1.29, 1.82) is 0 Å². The number of thioether (sulfide) groups is 1. The molecule has 1 amide bonds. The number of nitrogens with one attached hydrogen (secondary N) is 1. The summed E-state index contributed by atoms with van der Waals surface area (Å²) in [7, 11) is 0. The van der Waals surface area contributed by atoms with Crippen LogP contribution in [-0.4, -0.2) is 40.0 Å². The number of amides is 1. The van der Waals surface area contributed by atoms with Crippen molar-refractivity contribution in [2.75, 3.05) is 18.2 Å². The zero-order valence-electron chi connectivity index (χ0n) is 10.2. The minimum Gasteiger partial charge on any atom is -0.334 e. The molecule has 18 heavy (non-hydrogen) atoms. The van der Waals surface area contributed by atoms with Gasteiger partial charge in [0.25, 0.3) is 0 Å². The highest BCUT2D eigenvalue weighted by Gasteiger charge is 2.34. The second-order valence-corrected chi connectivity index (χ2v) is 5.77. The van der Waals surface area contributed by atoms with Crippen LogP contribution >= 0.6 is 11.8 Å². The van der Waals surface area contributed by atoms with E-state index in [1.54, 1.807) is 24.2 Å². The van der Waals surface area contributed by atoms with E-state index in [9.17, 15) is 4.79 Å². The quantitative estimate of drug-likeness (QED) is 0.876. The molecule has 2 atom stereocenters. The molecule has 0 saturated carbocycles. The van der Waals surface area contributed by atoms with Crippen LogP contribution in [-0.2, 0) is 4.79 Å². The lowest BCUT2D eigenvalue weighted by atomic mass is 10.1. The van der Waals surface area contributed by atoms with E-state index in [0.717, 1.165) is 31.0 Å². The number of likely N-dealkylation sites (tertiary alicyclic amines) is 1. The Balaban J connectivity index is 1.77. The summed E-state index contributed by atoms with van der Waals surface area (Å²) in [6, 6.07) is 4.30. The highest BCUT2D eigenvalue weighted by Crippen LogP contribution is 2.32. The first-order chi connectivity index (χ1) is 8.86. The summed E-state index contributed by atoms with van der Waals surface area (Å²) >= 11 is 1.80. The molecule has 0 aliphatic carbocycles. The Labute approximate surface area is 111 Å². The van der Waals surface area contributed by atoms with Crippen LogP contribution in [0.25, 0.3) is 0 Å². The molecule has 0 aromatic carbocycles. The lowest BCUT2D eigenvalue weighted by molar-refractivity contribution is -0.133. The molecular formula is C13H17N3OS. The normalized spacial score (nSPS) is 27.7. The molecule has 2 aliphatic rings. The van der Waals surface area contributed by atoms with Crippen molar-refractivity contribution in [3.8, 4) is 0 Å². The van der Waals surface area contributed by atoms with Gasteiger partial charge in [-0.25, -0.2) is 0 Å². The van der Waals surface area contributed by atoms with Crippen LogP contribution in [0.3, 0.4) is 0 Å². The Morgan fingerprint density at radius 3 is 3.00 bits per heavy atom. The fraction of sp³-hybridized carbons (Fsp3) is 0.538. The molecule has 2 unspecified atom stereocenters. The van der Waals surface area contributed by atoms with E-state index in [2.05, 4.69) is 10.3 Å². The number of nitrogens with zero attached hydrogens (tertiary/aromatic N) is 2. The van der Waals surface area contributed by atoms with Gasteiger partial charge in [0.15, 0.2) is 0 Å². The van der Waals surface area contributed by atoms with Gasteiger partial charge in [-0.1, -0.05) is 0 Å². The van der Waals surface area contributed by atoms with Gasteiger partial charge in [-0.05, 0) is 30.5 Å². The molecule has 3 rings (SSSR count). The molecule has 5 heteroatoms. The largest absolute Gasteiger partial charge is 0.334 e. The van der Waals surface area contributed by atoms with Gasteiger partial charge in [-0.3, -0.25) is 15.1 Å². The minimum absolute atomic E-state index is 0.0115. The number of rotatable bonds is 2. The molecule has 0 bridgehead atoms. The van der Waals surface area contributed by atoms with E-state index in [0.29, 0.717) is 0 Å². The lowest BCUT2D eigenvalue weighted by Gasteiger charge is -2.27. The number of hydrogen-bond acceptors (Lipinski definition) is 4. The molecule has 1 aromatic rings. The zero-order chi connectivity index (χ0) is 12.4. The van der Waals surface area contributed by atoms with E-state index < -0.39 is 0 Å². The molecule has 0 radical (unpaired) electrons. The van der Waals surface area contributed by atoms with E-state index in [1.807, 2.05) is 17.0 Å². The fourth-order valence-electron chi connectivity index (χ4n) is 2.72. The topological polar surface area (TPSA) is 45.2 Å². The molecular weight excluding hydrogens is 246 g/mol. The minimum atomic E-state index is 0.0115. The van der Waals surface area contributed by atoms with Crippen molar-refractivity contribution in [3.63, 3.8) is 0 Å². The summed E-state index contributed by atoms with van der Waals surface area (Å²) in [4.78, 5) is 18.6. The van der Waals surface area contributed by atoms with Gasteiger partial charge in [-0.15, -0.1) is 11.8 Å². The molecule has 0 spiro atoms. The fourth-order valence-corrected chi connectivity index (χ4v) is 3.65. The summed E-state index contributed by atoms with van der Waals surface area (Å²) in [5.41, 5.74) is 1.21. The molecule has 4 nitrogen and oxygen atoms in total. The third kappa shape index (κ3) is 2.24. The van der Waals surface area contributed by atoms with E-state index >= 15 is 0 Å². The summed E-state index contributed by atoms with van der Waals surface area (Å²) < 4.78 is 0. The Kier molecular flexibility index (Phi) is 3.52. The van der Waals surface area contributed by atoms with Crippen LogP contribution in [0.2, 0.25) is 0 Å². The van der Waals surface area contributed by atoms with Crippen molar-refractivity contribution in [3.05, 3.63) is 30.1 Å². The first-order valence-corrected chi connectivity index (χ1v) is 7.53. The van der Waals surface area contributed by atoms with Crippen LogP contribution < -0.4 is 5.32 Å². The first-order valence-electron chi connectivity index (χ1n) is 6.38. The number of carbonyl (C=O) groups is 1. The van der Waals surface area contributed by atoms with Crippen molar-refractivity contribution >= 4 is 17.7 Å². The van der Waals surface area contributed by atoms with Crippen molar-refractivity contribution in [1.82, 2.24) is 15.2 Å². The van der Waals surface area contributed by atoms with Crippen LogP contribution in [0, 0.1) is 0 Å². The second-order valence-electron chi connectivity index (χ2n) is 4.74. The van der Waals surface area contributed by atoms with Crippen LogP contribution in [0.1, 0.15) is 24.4 Å². The third-order valence-electron chi connectivity index (χ3n) is 3.64. The molecule has 3 heterocycles. The van der Waals surface area contributed by atoms with Gasteiger partial charge in [0.2, 0.25) is 5.91 Å². The van der Waals surface area contributed by atoms with Crippen molar-refractivity contribution in [2.24, 2.45) is 0 Å².